The molecule has 3 nitrogen and oxygen atoms in total. The van der Waals surface area contributed by atoms with E-state index in [0.29, 0.717) is 6.42 Å². The van der Waals surface area contributed by atoms with Gasteiger partial charge < -0.3 is 10.5 Å². The Morgan fingerprint density at radius 1 is 2.00 bits per heavy atom. The molecule has 0 spiro atoms. The largest absolute Gasteiger partial charge is 0.378 e. The van der Waals surface area contributed by atoms with Crippen LogP contribution in [-0.4, -0.2) is 24.6 Å². The molecular weight excluding hydrogens is 92.1 g/mol. The van der Waals surface area contributed by atoms with E-state index >= 15 is 0 Å². The number of aliphatic hydroxyl groups excluding tert-OH is 1. The van der Waals surface area contributed by atoms with Crippen molar-refractivity contribution < 1.29 is 5.11 Å². The van der Waals surface area contributed by atoms with Crippen LogP contribution in [0.5, 0.6) is 0 Å². The van der Waals surface area contributed by atoms with Gasteiger partial charge in [-0.3, -0.25) is 5.32 Å². The summed E-state index contributed by atoms with van der Waals surface area (Å²) in [7, 11) is 1.65. The summed E-state index contributed by atoms with van der Waals surface area (Å²) in [6.07, 6.45) is 1.01. The SMILES string of the molecule is CNC(O)CC=N. The van der Waals surface area contributed by atoms with Crippen molar-refractivity contribution in [1.29, 1.82) is 5.41 Å². The lowest BCUT2D eigenvalue weighted by atomic mass is 10.4. The monoisotopic (exact) mass is 102 g/mol. The van der Waals surface area contributed by atoms with Crippen LogP contribution >= 0.6 is 0 Å². The van der Waals surface area contributed by atoms with Gasteiger partial charge in [0.25, 0.3) is 0 Å². The Hall–Kier alpha value is -0.410. The molecule has 0 aliphatic heterocycles. The number of hydrogen-bond acceptors (Lipinski definition) is 3. The fourth-order valence-electron chi connectivity index (χ4n) is 0.229. The third-order valence-electron chi connectivity index (χ3n) is 0.674. The number of hydrogen-bond donors (Lipinski definition) is 3. The smallest absolute Gasteiger partial charge is 0.109 e. The number of aliphatic hydroxyl groups is 1. The van der Waals surface area contributed by atoms with Crippen LogP contribution in [0, 0.1) is 5.41 Å². The molecule has 3 heteroatoms. The van der Waals surface area contributed by atoms with Crippen LogP contribution in [-0.2, 0) is 0 Å². The maximum absolute atomic E-state index is 8.60. The minimum Gasteiger partial charge on any atom is -0.378 e. The summed E-state index contributed by atoms with van der Waals surface area (Å²) >= 11 is 0. The second-order valence-electron chi connectivity index (χ2n) is 1.24. The van der Waals surface area contributed by atoms with E-state index < -0.39 is 6.23 Å². The van der Waals surface area contributed by atoms with Gasteiger partial charge >= 0.3 is 0 Å². The standard InChI is InChI=1S/C4H10N2O/c1-6-4(7)2-3-5/h3-7H,2H2,1H3. The van der Waals surface area contributed by atoms with E-state index in [2.05, 4.69) is 5.32 Å². The highest BCUT2D eigenvalue weighted by Crippen LogP contribution is 1.76. The maximum atomic E-state index is 8.60. The summed E-state index contributed by atoms with van der Waals surface area (Å²) < 4.78 is 0. The van der Waals surface area contributed by atoms with Gasteiger partial charge in [0.05, 0.1) is 0 Å². The Morgan fingerprint density at radius 3 is 2.71 bits per heavy atom. The van der Waals surface area contributed by atoms with Crippen molar-refractivity contribution >= 4 is 6.21 Å². The van der Waals surface area contributed by atoms with E-state index in [0.717, 1.165) is 0 Å². The highest BCUT2D eigenvalue weighted by molar-refractivity contribution is 5.53. The van der Waals surface area contributed by atoms with Crippen molar-refractivity contribution in [2.24, 2.45) is 0 Å². The molecule has 0 aromatic rings. The lowest BCUT2D eigenvalue weighted by Gasteiger charge is -2.01. The summed E-state index contributed by atoms with van der Waals surface area (Å²) in [5.74, 6) is 0. The summed E-state index contributed by atoms with van der Waals surface area (Å²) in [6, 6.07) is 0. The predicted octanol–water partition coefficient (Wildman–Crippen LogP) is -0.436. The van der Waals surface area contributed by atoms with Gasteiger partial charge in [0.15, 0.2) is 0 Å². The fourth-order valence-corrected chi connectivity index (χ4v) is 0.229. The van der Waals surface area contributed by atoms with Crippen molar-refractivity contribution in [3.05, 3.63) is 0 Å². The van der Waals surface area contributed by atoms with Gasteiger partial charge in [0.1, 0.15) is 6.23 Å². The summed E-state index contributed by atoms with van der Waals surface area (Å²) in [5, 5.41) is 17.7. The second kappa shape index (κ2) is 3.77. The van der Waals surface area contributed by atoms with E-state index in [1.807, 2.05) is 0 Å². The molecule has 0 aliphatic carbocycles. The summed E-state index contributed by atoms with van der Waals surface area (Å²) in [4.78, 5) is 0. The van der Waals surface area contributed by atoms with Crippen LogP contribution in [0.2, 0.25) is 0 Å². The molecule has 0 radical (unpaired) electrons. The van der Waals surface area contributed by atoms with Crippen molar-refractivity contribution in [3.63, 3.8) is 0 Å². The van der Waals surface area contributed by atoms with Crippen molar-refractivity contribution in [3.8, 4) is 0 Å². The van der Waals surface area contributed by atoms with E-state index in [9.17, 15) is 0 Å². The van der Waals surface area contributed by atoms with Crippen molar-refractivity contribution in [1.82, 2.24) is 5.32 Å². The predicted molar refractivity (Wildman–Crippen MR) is 28.5 cm³/mol. The van der Waals surface area contributed by atoms with E-state index in [-0.39, 0.29) is 0 Å². The van der Waals surface area contributed by atoms with Gasteiger partial charge in [0.2, 0.25) is 0 Å². The minimum absolute atomic E-state index is 0.385. The van der Waals surface area contributed by atoms with E-state index in [4.69, 9.17) is 10.5 Å². The minimum atomic E-state index is -0.544. The fraction of sp³-hybridized carbons (Fsp3) is 0.750. The molecule has 0 aromatic carbocycles. The maximum Gasteiger partial charge on any atom is 0.109 e. The van der Waals surface area contributed by atoms with Crippen LogP contribution in [0.25, 0.3) is 0 Å². The lowest BCUT2D eigenvalue weighted by molar-refractivity contribution is 0.155. The molecular formula is C4H10N2O. The first-order valence-corrected chi connectivity index (χ1v) is 2.15. The van der Waals surface area contributed by atoms with Crippen LogP contribution < -0.4 is 5.32 Å². The molecule has 0 saturated heterocycles. The zero-order chi connectivity index (χ0) is 5.70. The molecule has 1 unspecified atom stereocenters. The van der Waals surface area contributed by atoms with Gasteiger partial charge in [-0.25, -0.2) is 0 Å². The molecule has 7 heavy (non-hydrogen) atoms. The van der Waals surface area contributed by atoms with Crippen LogP contribution in [0.3, 0.4) is 0 Å². The molecule has 0 fully saturated rings. The first-order chi connectivity index (χ1) is 3.31. The first-order valence-electron chi connectivity index (χ1n) is 2.15. The second-order valence-corrected chi connectivity index (χ2v) is 1.24. The normalized spacial score (nSPS) is 13.4. The van der Waals surface area contributed by atoms with E-state index in [1.165, 1.54) is 6.21 Å². The topological polar surface area (TPSA) is 56.1 Å². The Labute approximate surface area is 42.9 Å². The van der Waals surface area contributed by atoms with Gasteiger partial charge in [-0.2, -0.15) is 0 Å². The van der Waals surface area contributed by atoms with Crippen LogP contribution in [0.15, 0.2) is 0 Å². The van der Waals surface area contributed by atoms with E-state index in [1.54, 1.807) is 7.05 Å². The molecule has 0 amide bonds. The van der Waals surface area contributed by atoms with Gasteiger partial charge in [0, 0.05) is 6.42 Å². The molecule has 0 aliphatic rings. The average molecular weight is 102 g/mol. The summed E-state index contributed by atoms with van der Waals surface area (Å²) in [6.45, 7) is 0. The zero-order valence-electron chi connectivity index (χ0n) is 4.31. The Balaban J connectivity index is 2.98. The third-order valence-corrected chi connectivity index (χ3v) is 0.674. The van der Waals surface area contributed by atoms with Crippen molar-refractivity contribution in [2.75, 3.05) is 7.05 Å². The molecule has 42 valence electrons. The third kappa shape index (κ3) is 3.42. The molecule has 0 bridgehead atoms. The Morgan fingerprint density at radius 2 is 2.57 bits per heavy atom. The number of nitrogens with one attached hydrogen (secondary N) is 2. The highest BCUT2D eigenvalue weighted by Gasteiger charge is 1.91. The highest BCUT2D eigenvalue weighted by atomic mass is 16.3. The Bertz CT molecular complexity index is 55.7. The van der Waals surface area contributed by atoms with Crippen LogP contribution in [0.4, 0.5) is 0 Å². The van der Waals surface area contributed by atoms with Gasteiger partial charge in [-0.1, -0.05) is 0 Å². The molecule has 0 saturated carbocycles. The molecule has 0 heterocycles. The van der Waals surface area contributed by atoms with Gasteiger partial charge in [-0.05, 0) is 13.3 Å². The van der Waals surface area contributed by atoms with Gasteiger partial charge in [-0.15, -0.1) is 0 Å². The van der Waals surface area contributed by atoms with Crippen LogP contribution in [0.1, 0.15) is 6.42 Å². The Kier molecular flexibility index (Phi) is 3.55. The molecule has 1 atom stereocenters. The molecule has 0 rings (SSSR count). The number of rotatable bonds is 3. The molecule has 0 aromatic heterocycles. The first kappa shape index (κ1) is 6.59. The van der Waals surface area contributed by atoms with Crippen molar-refractivity contribution in [2.45, 2.75) is 12.6 Å². The zero-order valence-corrected chi connectivity index (χ0v) is 4.31. The average Bonchev–Trinajstić information content (AvgIpc) is 1.68. The lowest BCUT2D eigenvalue weighted by Crippen LogP contribution is -2.24. The molecule has 3 N–H and O–H groups in total. The summed E-state index contributed by atoms with van der Waals surface area (Å²) in [5.41, 5.74) is 0. The quantitative estimate of drug-likeness (QED) is 0.334.